The summed E-state index contributed by atoms with van der Waals surface area (Å²) in [5.74, 6) is 1.24. The summed E-state index contributed by atoms with van der Waals surface area (Å²) in [7, 11) is 0. The number of aromatic nitrogens is 1. The van der Waals surface area contributed by atoms with Gasteiger partial charge in [-0.05, 0) is 36.6 Å². The molecule has 6 nitrogen and oxygen atoms in total. The lowest BCUT2D eigenvalue weighted by Gasteiger charge is -2.26. The lowest BCUT2D eigenvalue weighted by molar-refractivity contribution is -0.132. The second kappa shape index (κ2) is 8.80. The summed E-state index contributed by atoms with van der Waals surface area (Å²) in [6.07, 6.45) is 4.00. The quantitative estimate of drug-likeness (QED) is 0.742. The van der Waals surface area contributed by atoms with Gasteiger partial charge in [-0.25, -0.2) is 0 Å². The van der Waals surface area contributed by atoms with Crippen molar-refractivity contribution in [1.29, 1.82) is 0 Å². The molecule has 0 bridgehead atoms. The number of amides is 1. The minimum Gasteiger partial charge on any atom is -0.486 e. The Labute approximate surface area is 169 Å². The molecule has 2 aliphatic rings. The van der Waals surface area contributed by atoms with Crippen LogP contribution in [-0.2, 0) is 22.5 Å². The van der Waals surface area contributed by atoms with Crippen LogP contribution in [0, 0.1) is 0 Å². The first kappa shape index (κ1) is 19.0. The van der Waals surface area contributed by atoms with Crippen molar-refractivity contribution < 1.29 is 19.0 Å². The average molecular weight is 403 g/mol. The molecule has 1 fully saturated rings. The first-order valence-electron chi connectivity index (χ1n) is 9.56. The molecule has 2 aromatic rings. The second-order valence-corrected chi connectivity index (χ2v) is 7.40. The monoisotopic (exact) mass is 402 g/mol. The maximum absolute atomic E-state index is 13.1. The fraction of sp³-hybridized carbons (Fsp3) is 0.429. The number of carbonyl (C=O) groups is 1. The van der Waals surface area contributed by atoms with Crippen molar-refractivity contribution >= 4 is 17.5 Å². The van der Waals surface area contributed by atoms with Crippen molar-refractivity contribution in [2.45, 2.75) is 31.9 Å². The number of hydrogen-bond donors (Lipinski definition) is 0. The van der Waals surface area contributed by atoms with Crippen molar-refractivity contribution in [3.63, 3.8) is 0 Å². The standard InChI is InChI=1S/C21H23ClN2O4/c22-18-12-20-19(27-8-9-28-20)10-15(18)11-21(25)24(14-17-5-3-7-26-17)13-16-4-1-2-6-23-16/h1-2,4,6,10,12,17H,3,5,7-9,11,13-14H2. The summed E-state index contributed by atoms with van der Waals surface area (Å²) in [4.78, 5) is 19.3. The summed E-state index contributed by atoms with van der Waals surface area (Å²) in [5, 5.41) is 0.507. The highest BCUT2D eigenvalue weighted by atomic mass is 35.5. The number of hydrogen-bond acceptors (Lipinski definition) is 5. The number of pyridine rings is 1. The molecule has 0 radical (unpaired) electrons. The topological polar surface area (TPSA) is 60.9 Å². The van der Waals surface area contributed by atoms with Gasteiger partial charge < -0.3 is 19.1 Å². The van der Waals surface area contributed by atoms with Crippen molar-refractivity contribution in [3.05, 3.63) is 52.8 Å². The Hall–Kier alpha value is -2.31. The zero-order valence-electron chi connectivity index (χ0n) is 15.6. The summed E-state index contributed by atoms with van der Waals surface area (Å²) in [6, 6.07) is 9.24. The van der Waals surface area contributed by atoms with Gasteiger partial charge in [0.05, 0.1) is 24.8 Å². The molecule has 1 amide bonds. The minimum absolute atomic E-state index is 0.0141. The Morgan fingerprint density at radius 1 is 1.18 bits per heavy atom. The van der Waals surface area contributed by atoms with Gasteiger partial charge >= 0.3 is 0 Å². The normalized spacial score (nSPS) is 18.1. The molecule has 1 atom stereocenters. The minimum atomic E-state index is -0.0141. The smallest absolute Gasteiger partial charge is 0.227 e. The van der Waals surface area contributed by atoms with Gasteiger partial charge in [0.25, 0.3) is 0 Å². The van der Waals surface area contributed by atoms with Gasteiger partial charge in [0.1, 0.15) is 13.2 Å². The molecule has 1 aromatic heterocycles. The third kappa shape index (κ3) is 4.56. The predicted octanol–water partition coefficient (Wildman–Crippen LogP) is 3.26. The van der Waals surface area contributed by atoms with E-state index >= 15 is 0 Å². The average Bonchev–Trinajstić information content (AvgIpc) is 3.22. The van der Waals surface area contributed by atoms with Crippen LogP contribution in [0.1, 0.15) is 24.1 Å². The molecule has 0 N–H and O–H groups in total. The van der Waals surface area contributed by atoms with Crippen molar-refractivity contribution in [1.82, 2.24) is 9.88 Å². The molecule has 7 heteroatoms. The number of rotatable bonds is 6. The van der Waals surface area contributed by atoms with E-state index in [1.54, 1.807) is 18.3 Å². The van der Waals surface area contributed by atoms with Crippen molar-refractivity contribution in [2.75, 3.05) is 26.4 Å². The van der Waals surface area contributed by atoms with Gasteiger partial charge in [0, 0.05) is 30.4 Å². The number of ether oxygens (including phenoxy) is 3. The molecule has 0 spiro atoms. The first-order valence-corrected chi connectivity index (χ1v) is 9.94. The van der Waals surface area contributed by atoms with Gasteiger partial charge in [-0.1, -0.05) is 17.7 Å². The van der Waals surface area contributed by atoms with Crippen molar-refractivity contribution in [3.8, 4) is 11.5 Å². The van der Waals surface area contributed by atoms with Crippen LogP contribution in [0.5, 0.6) is 11.5 Å². The van der Waals surface area contributed by atoms with Crippen LogP contribution in [0.3, 0.4) is 0 Å². The number of benzene rings is 1. The van der Waals surface area contributed by atoms with Gasteiger partial charge in [-0.2, -0.15) is 0 Å². The molecule has 4 rings (SSSR count). The van der Waals surface area contributed by atoms with Crippen LogP contribution >= 0.6 is 11.6 Å². The summed E-state index contributed by atoms with van der Waals surface area (Å²) >= 11 is 6.40. The molecule has 1 aromatic carbocycles. The molecule has 1 unspecified atom stereocenters. The molecule has 0 saturated carbocycles. The van der Waals surface area contributed by atoms with E-state index in [2.05, 4.69) is 4.98 Å². The Kier molecular flexibility index (Phi) is 5.98. The lowest BCUT2D eigenvalue weighted by atomic mass is 10.1. The van der Waals surface area contributed by atoms with Gasteiger partial charge in [-0.15, -0.1) is 0 Å². The van der Waals surface area contributed by atoms with Crippen LogP contribution in [0.15, 0.2) is 36.5 Å². The zero-order valence-corrected chi connectivity index (χ0v) is 16.4. The highest BCUT2D eigenvalue weighted by molar-refractivity contribution is 6.31. The maximum Gasteiger partial charge on any atom is 0.227 e. The molecular weight excluding hydrogens is 380 g/mol. The number of halogens is 1. The molecule has 3 heterocycles. The Morgan fingerprint density at radius 2 is 2.00 bits per heavy atom. The summed E-state index contributed by atoms with van der Waals surface area (Å²) in [5.41, 5.74) is 1.58. The van der Waals surface area contributed by atoms with E-state index in [0.29, 0.717) is 42.8 Å². The van der Waals surface area contributed by atoms with Gasteiger partial charge in [0.2, 0.25) is 5.91 Å². The highest BCUT2D eigenvalue weighted by Gasteiger charge is 2.24. The molecule has 1 saturated heterocycles. The number of fused-ring (bicyclic) bond motifs is 1. The fourth-order valence-corrected chi connectivity index (χ4v) is 3.71. The summed E-state index contributed by atoms with van der Waals surface area (Å²) < 4.78 is 16.9. The first-order chi connectivity index (χ1) is 13.7. The third-order valence-electron chi connectivity index (χ3n) is 4.93. The molecule has 2 aliphatic heterocycles. The number of carbonyl (C=O) groups excluding carboxylic acids is 1. The van der Waals surface area contributed by atoms with E-state index < -0.39 is 0 Å². The van der Waals surface area contributed by atoms with Crippen LogP contribution in [0.25, 0.3) is 0 Å². The summed E-state index contributed by atoms with van der Waals surface area (Å²) in [6.45, 7) is 2.75. The molecule has 0 aliphatic carbocycles. The highest BCUT2D eigenvalue weighted by Crippen LogP contribution is 2.35. The Bertz CT molecular complexity index is 825. The van der Waals surface area contributed by atoms with Gasteiger partial charge in [-0.3, -0.25) is 9.78 Å². The number of nitrogens with zero attached hydrogens (tertiary/aromatic N) is 2. The van der Waals surface area contributed by atoms with E-state index in [1.165, 1.54) is 0 Å². The van der Waals surface area contributed by atoms with E-state index in [1.807, 2.05) is 23.1 Å². The maximum atomic E-state index is 13.1. The SMILES string of the molecule is O=C(Cc1cc2c(cc1Cl)OCCO2)N(Cc1ccccn1)CC1CCCO1. The van der Waals surface area contributed by atoms with Crippen LogP contribution in [0.2, 0.25) is 5.02 Å². The zero-order chi connectivity index (χ0) is 19.3. The third-order valence-corrected chi connectivity index (χ3v) is 5.28. The van der Waals surface area contributed by atoms with E-state index in [-0.39, 0.29) is 18.4 Å². The largest absolute Gasteiger partial charge is 0.486 e. The Morgan fingerprint density at radius 3 is 2.71 bits per heavy atom. The lowest BCUT2D eigenvalue weighted by Crippen LogP contribution is -2.38. The predicted molar refractivity (Wildman–Crippen MR) is 105 cm³/mol. The van der Waals surface area contributed by atoms with Crippen LogP contribution in [0.4, 0.5) is 0 Å². The fourth-order valence-electron chi connectivity index (χ4n) is 3.49. The van der Waals surface area contributed by atoms with E-state index in [0.717, 1.165) is 30.7 Å². The molecular formula is C21H23ClN2O4. The van der Waals surface area contributed by atoms with E-state index in [9.17, 15) is 4.79 Å². The van der Waals surface area contributed by atoms with E-state index in [4.69, 9.17) is 25.8 Å². The van der Waals surface area contributed by atoms with Gasteiger partial charge in [0.15, 0.2) is 11.5 Å². The second-order valence-electron chi connectivity index (χ2n) is 6.99. The van der Waals surface area contributed by atoms with Crippen molar-refractivity contribution in [2.24, 2.45) is 0 Å². The molecule has 28 heavy (non-hydrogen) atoms. The van der Waals surface area contributed by atoms with Crippen LogP contribution < -0.4 is 9.47 Å². The Balaban J connectivity index is 1.51. The molecule has 148 valence electrons. The van der Waals surface area contributed by atoms with Crippen LogP contribution in [-0.4, -0.2) is 48.3 Å².